The summed E-state index contributed by atoms with van der Waals surface area (Å²) in [6.07, 6.45) is 0. The molecule has 0 fully saturated rings. The van der Waals surface area contributed by atoms with E-state index in [1.54, 1.807) is 4.68 Å². The Morgan fingerprint density at radius 3 is 2.71 bits per heavy atom. The molecular formula is C14H12N4O2S. The van der Waals surface area contributed by atoms with Gasteiger partial charge in [0.05, 0.1) is 5.69 Å². The molecule has 0 saturated carbocycles. The molecule has 0 atom stereocenters. The summed E-state index contributed by atoms with van der Waals surface area (Å²) in [7, 11) is 0. The van der Waals surface area contributed by atoms with E-state index in [1.165, 1.54) is 6.07 Å². The fraction of sp³-hybridized carbons (Fsp3) is 0.143. The molecule has 21 heavy (non-hydrogen) atoms. The summed E-state index contributed by atoms with van der Waals surface area (Å²) in [4.78, 5) is 12.2. The summed E-state index contributed by atoms with van der Waals surface area (Å²) in [6, 6.07) is 9.28. The number of H-pyrrole nitrogens is 1. The molecule has 106 valence electrons. The normalized spacial score (nSPS) is 10.8. The maximum absolute atomic E-state index is 12.1. The second-order valence-electron chi connectivity index (χ2n) is 4.62. The number of hydrogen-bond donors (Lipinski definition) is 1. The Morgan fingerprint density at radius 1 is 1.29 bits per heavy atom. The molecule has 0 amide bonds. The van der Waals surface area contributed by atoms with Gasteiger partial charge in [-0.1, -0.05) is 18.2 Å². The average molecular weight is 300 g/mol. The van der Waals surface area contributed by atoms with Gasteiger partial charge in [-0.05, 0) is 37.7 Å². The van der Waals surface area contributed by atoms with Crippen LogP contribution in [0.2, 0.25) is 0 Å². The van der Waals surface area contributed by atoms with Gasteiger partial charge < -0.3 is 4.42 Å². The van der Waals surface area contributed by atoms with Crippen molar-refractivity contribution >= 4 is 12.2 Å². The van der Waals surface area contributed by atoms with E-state index in [4.69, 9.17) is 16.6 Å². The molecule has 0 radical (unpaired) electrons. The zero-order valence-electron chi connectivity index (χ0n) is 11.5. The van der Waals surface area contributed by atoms with Gasteiger partial charge in [0, 0.05) is 11.8 Å². The highest BCUT2D eigenvalue weighted by Gasteiger charge is 2.14. The number of rotatable bonds is 2. The second-order valence-corrected chi connectivity index (χ2v) is 4.99. The van der Waals surface area contributed by atoms with Crippen LogP contribution in [0.3, 0.4) is 0 Å². The molecular weight excluding hydrogens is 288 g/mol. The summed E-state index contributed by atoms with van der Waals surface area (Å²) in [5, 5.41) is 10.7. The number of benzene rings is 1. The molecule has 1 aromatic carbocycles. The molecule has 0 unspecified atom stereocenters. The lowest BCUT2D eigenvalue weighted by Gasteiger charge is -2.12. The van der Waals surface area contributed by atoms with Crippen molar-refractivity contribution in [1.82, 2.24) is 20.0 Å². The number of para-hydroxylation sites is 1. The van der Waals surface area contributed by atoms with Crippen LogP contribution in [-0.4, -0.2) is 20.0 Å². The van der Waals surface area contributed by atoms with Gasteiger partial charge in [0.2, 0.25) is 5.43 Å². The topological polar surface area (TPSA) is 76.7 Å². The minimum absolute atomic E-state index is 0.0901. The molecule has 0 bridgehead atoms. The Bertz CT molecular complexity index is 923. The number of aromatic nitrogens is 4. The number of nitrogens with one attached hydrogen (secondary N) is 1. The van der Waals surface area contributed by atoms with Crippen LogP contribution in [-0.2, 0) is 0 Å². The molecule has 7 heteroatoms. The molecule has 2 aromatic heterocycles. The predicted octanol–water partition coefficient (Wildman–Crippen LogP) is 2.56. The van der Waals surface area contributed by atoms with Gasteiger partial charge in [-0.15, -0.1) is 5.10 Å². The third-order valence-electron chi connectivity index (χ3n) is 3.09. The lowest BCUT2D eigenvalue weighted by Crippen LogP contribution is -2.16. The van der Waals surface area contributed by atoms with E-state index >= 15 is 0 Å². The molecule has 6 nitrogen and oxygen atoms in total. The summed E-state index contributed by atoms with van der Waals surface area (Å²) >= 11 is 4.83. The number of hydrogen-bond acceptors (Lipinski definition) is 5. The monoisotopic (exact) mass is 300 g/mol. The second kappa shape index (κ2) is 5.10. The molecule has 0 spiro atoms. The van der Waals surface area contributed by atoms with Crippen LogP contribution in [0.25, 0.3) is 17.3 Å². The number of aromatic amines is 1. The van der Waals surface area contributed by atoms with Crippen molar-refractivity contribution in [3.8, 4) is 17.3 Å². The quantitative estimate of drug-likeness (QED) is 0.736. The van der Waals surface area contributed by atoms with Gasteiger partial charge in [-0.25, -0.2) is 9.78 Å². The first-order valence-corrected chi connectivity index (χ1v) is 6.70. The maximum atomic E-state index is 12.1. The molecule has 2 heterocycles. The van der Waals surface area contributed by atoms with Gasteiger partial charge in [0.25, 0.3) is 10.7 Å². The highest BCUT2D eigenvalue weighted by Crippen LogP contribution is 2.16. The first-order valence-electron chi connectivity index (χ1n) is 6.29. The fourth-order valence-corrected chi connectivity index (χ4v) is 2.20. The first-order chi connectivity index (χ1) is 10.1. The third kappa shape index (κ3) is 2.43. The molecule has 0 saturated heterocycles. The Labute approximate surface area is 125 Å². The van der Waals surface area contributed by atoms with E-state index < -0.39 is 0 Å². The molecule has 3 rings (SSSR count). The van der Waals surface area contributed by atoms with Crippen LogP contribution >= 0.6 is 12.2 Å². The number of aryl methyl sites for hydroxylation is 2. The molecule has 1 N–H and O–H groups in total. The summed E-state index contributed by atoms with van der Waals surface area (Å²) in [6.45, 7) is 3.80. The Hall–Kier alpha value is -2.54. The van der Waals surface area contributed by atoms with E-state index in [-0.39, 0.29) is 21.9 Å². The van der Waals surface area contributed by atoms with Gasteiger partial charge in [0.1, 0.15) is 0 Å². The smallest absolute Gasteiger partial charge is 0.284 e. The largest absolute Gasteiger partial charge is 0.407 e. The van der Waals surface area contributed by atoms with E-state index in [2.05, 4.69) is 15.3 Å². The standard InChI is InChI=1S/C14H12N4O2S/c1-8-5-3-4-6-10(8)18-9(2)7-11(19)12(17-18)13-15-16-14(21)20-13/h3-7H,1-2H3,(H,16,21). The van der Waals surface area contributed by atoms with Crippen LogP contribution < -0.4 is 5.43 Å². The highest BCUT2D eigenvalue weighted by molar-refractivity contribution is 7.71. The van der Waals surface area contributed by atoms with Crippen molar-refractivity contribution in [1.29, 1.82) is 0 Å². The summed E-state index contributed by atoms with van der Waals surface area (Å²) in [5.74, 6) is 0.0901. The van der Waals surface area contributed by atoms with Gasteiger partial charge >= 0.3 is 0 Å². The van der Waals surface area contributed by atoms with Crippen LogP contribution in [0.5, 0.6) is 0 Å². The zero-order valence-corrected chi connectivity index (χ0v) is 12.3. The first kappa shape index (κ1) is 13.4. The van der Waals surface area contributed by atoms with Crippen molar-refractivity contribution in [2.24, 2.45) is 0 Å². The minimum Gasteiger partial charge on any atom is -0.407 e. The molecule has 0 aliphatic carbocycles. The van der Waals surface area contributed by atoms with Crippen molar-refractivity contribution in [3.63, 3.8) is 0 Å². The van der Waals surface area contributed by atoms with Crippen molar-refractivity contribution in [2.45, 2.75) is 13.8 Å². The van der Waals surface area contributed by atoms with E-state index in [0.717, 1.165) is 16.9 Å². The van der Waals surface area contributed by atoms with Crippen molar-refractivity contribution in [3.05, 3.63) is 56.6 Å². The molecule has 0 aliphatic rings. The average Bonchev–Trinajstić information content (AvgIpc) is 2.86. The van der Waals surface area contributed by atoms with E-state index in [1.807, 2.05) is 38.1 Å². The summed E-state index contributed by atoms with van der Waals surface area (Å²) in [5.41, 5.74) is 2.53. The van der Waals surface area contributed by atoms with Crippen LogP contribution in [0.15, 0.2) is 39.5 Å². The lowest BCUT2D eigenvalue weighted by atomic mass is 10.2. The van der Waals surface area contributed by atoms with Crippen molar-refractivity contribution in [2.75, 3.05) is 0 Å². The van der Waals surface area contributed by atoms with E-state index in [9.17, 15) is 4.79 Å². The fourth-order valence-electron chi connectivity index (χ4n) is 2.07. The van der Waals surface area contributed by atoms with Gasteiger partial charge in [-0.3, -0.25) is 4.79 Å². The van der Waals surface area contributed by atoms with Crippen LogP contribution in [0.1, 0.15) is 11.3 Å². The van der Waals surface area contributed by atoms with Crippen LogP contribution in [0.4, 0.5) is 0 Å². The zero-order chi connectivity index (χ0) is 15.0. The van der Waals surface area contributed by atoms with Gasteiger partial charge in [0.15, 0.2) is 5.69 Å². The lowest BCUT2D eigenvalue weighted by molar-refractivity contribution is 0.546. The number of nitrogens with zero attached hydrogens (tertiary/aromatic N) is 3. The highest BCUT2D eigenvalue weighted by atomic mass is 32.1. The third-order valence-corrected chi connectivity index (χ3v) is 3.27. The maximum Gasteiger partial charge on any atom is 0.284 e. The molecule has 0 aliphatic heterocycles. The van der Waals surface area contributed by atoms with Crippen LogP contribution in [0, 0.1) is 18.7 Å². The molecule has 3 aromatic rings. The Kier molecular flexibility index (Phi) is 3.26. The van der Waals surface area contributed by atoms with Gasteiger partial charge in [-0.2, -0.15) is 5.10 Å². The van der Waals surface area contributed by atoms with Crippen molar-refractivity contribution < 1.29 is 4.42 Å². The SMILES string of the molecule is Cc1ccccc1-n1nc(-c2n[nH]c(=S)o2)c(=O)cc1C. The predicted molar refractivity (Wildman–Crippen MR) is 80.0 cm³/mol. The van der Waals surface area contributed by atoms with E-state index in [0.29, 0.717) is 0 Å². The Balaban J connectivity index is 2.26. The Morgan fingerprint density at radius 2 is 2.05 bits per heavy atom. The minimum atomic E-state index is -0.261. The summed E-state index contributed by atoms with van der Waals surface area (Å²) < 4.78 is 6.88.